The fraction of sp³-hybridized carbons (Fsp3) is 0.250. The van der Waals surface area contributed by atoms with Crippen LogP contribution in [0.25, 0.3) is 0 Å². The molecular formula is C8H10ClNO2S. The first-order valence-electron chi connectivity index (χ1n) is 3.74. The topological polar surface area (TPSA) is 63.3 Å². The Labute approximate surface area is 84.1 Å². The number of hydrogen-bond donors (Lipinski definition) is 2. The van der Waals surface area contributed by atoms with Gasteiger partial charge in [-0.3, -0.25) is 0 Å². The van der Waals surface area contributed by atoms with E-state index in [1.54, 1.807) is 12.1 Å². The Bertz CT molecular complexity index is 354. The molecule has 72 valence electrons. The maximum atomic E-state index is 11.0. The van der Waals surface area contributed by atoms with Crippen LogP contribution >= 0.6 is 11.6 Å². The molecule has 1 aromatic carbocycles. The zero-order chi connectivity index (χ0) is 10.0. The summed E-state index contributed by atoms with van der Waals surface area (Å²) in [6, 6.07) is 3.27. The highest BCUT2D eigenvalue weighted by Gasteiger charge is 2.13. The van der Waals surface area contributed by atoms with Gasteiger partial charge in [0, 0.05) is 0 Å². The van der Waals surface area contributed by atoms with Crippen molar-refractivity contribution in [1.82, 2.24) is 0 Å². The van der Waals surface area contributed by atoms with Crippen LogP contribution in [0, 0.1) is 0 Å². The number of nitrogens with two attached hydrogens (primary N) is 1. The second-order valence-electron chi connectivity index (χ2n) is 2.54. The van der Waals surface area contributed by atoms with Gasteiger partial charge in [0.05, 0.1) is 5.02 Å². The molecule has 3 N–H and O–H groups in total. The molecule has 0 aliphatic carbocycles. The van der Waals surface area contributed by atoms with Crippen LogP contribution in [0.15, 0.2) is 17.0 Å². The van der Waals surface area contributed by atoms with Crippen LogP contribution < -0.4 is 5.14 Å². The molecule has 5 heteroatoms. The summed E-state index contributed by atoms with van der Waals surface area (Å²) >= 11 is 5.72. The van der Waals surface area contributed by atoms with Gasteiger partial charge < -0.3 is 5.11 Å². The highest BCUT2D eigenvalue weighted by molar-refractivity contribution is 7.83. The van der Waals surface area contributed by atoms with E-state index < -0.39 is 11.0 Å². The molecule has 0 saturated heterocycles. The van der Waals surface area contributed by atoms with Crippen molar-refractivity contribution < 1.29 is 9.32 Å². The minimum absolute atomic E-state index is 0.0594. The van der Waals surface area contributed by atoms with Gasteiger partial charge in [-0.25, -0.2) is 9.35 Å². The average molecular weight is 220 g/mol. The molecule has 3 nitrogen and oxygen atoms in total. The van der Waals surface area contributed by atoms with E-state index in [9.17, 15) is 9.32 Å². The number of halogens is 1. The Morgan fingerprint density at radius 1 is 1.62 bits per heavy atom. The fourth-order valence-electron chi connectivity index (χ4n) is 1.06. The minimum Gasteiger partial charge on any atom is -0.506 e. The van der Waals surface area contributed by atoms with Crippen molar-refractivity contribution in [1.29, 1.82) is 0 Å². The molecule has 1 unspecified atom stereocenters. The van der Waals surface area contributed by atoms with Gasteiger partial charge in [-0.05, 0) is 18.1 Å². The van der Waals surface area contributed by atoms with Crippen molar-refractivity contribution in [2.45, 2.75) is 18.2 Å². The van der Waals surface area contributed by atoms with Gasteiger partial charge in [-0.15, -0.1) is 0 Å². The lowest BCUT2D eigenvalue weighted by Crippen LogP contribution is -2.04. The third-order valence-electron chi connectivity index (χ3n) is 1.75. The van der Waals surface area contributed by atoms with E-state index in [4.69, 9.17) is 16.7 Å². The van der Waals surface area contributed by atoms with Crippen LogP contribution in [0.1, 0.15) is 12.5 Å². The van der Waals surface area contributed by atoms with E-state index in [0.717, 1.165) is 0 Å². The van der Waals surface area contributed by atoms with Crippen LogP contribution in [0.4, 0.5) is 0 Å². The van der Waals surface area contributed by atoms with Crippen molar-refractivity contribution in [2.75, 3.05) is 0 Å². The second kappa shape index (κ2) is 4.09. The van der Waals surface area contributed by atoms with E-state index in [2.05, 4.69) is 0 Å². The van der Waals surface area contributed by atoms with Gasteiger partial charge in [-0.1, -0.05) is 24.6 Å². The molecule has 1 rings (SSSR count). The van der Waals surface area contributed by atoms with Crippen molar-refractivity contribution >= 4 is 22.6 Å². The third-order valence-corrected chi connectivity index (χ3v) is 2.99. The lowest BCUT2D eigenvalue weighted by Gasteiger charge is -2.07. The first kappa shape index (κ1) is 10.5. The highest BCUT2D eigenvalue weighted by Crippen LogP contribution is 2.31. The number of aryl methyl sites for hydroxylation is 1. The van der Waals surface area contributed by atoms with E-state index in [1.165, 1.54) is 0 Å². The zero-order valence-electron chi connectivity index (χ0n) is 7.08. The lowest BCUT2D eigenvalue weighted by molar-refractivity contribution is 0.454. The molecule has 13 heavy (non-hydrogen) atoms. The summed E-state index contributed by atoms with van der Waals surface area (Å²) in [6.45, 7) is 1.88. The Morgan fingerprint density at radius 2 is 2.23 bits per heavy atom. The summed E-state index contributed by atoms with van der Waals surface area (Å²) in [5, 5.41) is 15.0. The largest absolute Gasteiger partial charge is 0.506 e. The SMILES string of the molecule is CCc1ccc(Cl)c(S(N)=O)c1O. The number of aromatic hydroxyl groups is 1. The summed E-state index contributed by atoms with van der Waals surface area (Å²) in [4.78, 5) is 0.112. The molecule has 0 fully saturated rings. The molecule has 0 bridgehead atoms. The standard InChI is InChI=1S/C8H10ClNO2S/c1-2-5-3-4-6(9)8(7(5)11)13(10)12/h3-4,11H,2,10H2,1H3. The van der Waals surface area contributed by atoms with Crippen molar-refractivity contribution in [3.8, 4) is 5.75 Å². The van der Waals surface area contributed by atoms with E-state index in [1.807, 2.05) is 6.92 Å². The Kier molecular flexibility index (Phi) is 3.30. The van der Waals surface area contributed by atoms with Gasteiger partial charge >= 0.3 is 0 Å². The molecule has 0 aliphatic heterocycles. The van der Waals surface area contributed by atoms with Crippen LogP contribution in [-0.4, -0.2) is 9.32 Å². The van der Waals surface area contributed by atoms with Gasteiger partial charge in [0.1, 0.15) is 21.6 Å². The Balaban J connectivity index is 3.38. The van der Waals surface area contributed by atoms with E-state index in [-0.39, 0.29) is 15.7 Å². The molecule has 0 saturated carbocycles. The predicted octanol–water partition coefficient (Wildman–Crippen LogP) is 1.59. The van der Waals surface area contributed by atoms with Crippen molar-refractivity contribution in [3.05, 3.63) is 22.7 Å². The number of hydrogen-bond acceptors (Lipinski definition) is 2. The quantitative estimate of drug-likeness (QED) is 0.794. The molecule has 0 heterocycles. The number of rotatable bonds is 2. The molecule has 0 amide bonds. The minimum atomic E-state index is -1.75. The summed E-state index contributed by atoms with van der Waals surface area (Å²) in [5.74, 6) is -0.0594. The summed E-state index contributed by atoms with van der Waals surface area (Å²) in [7, 11) is -1.75. The molecule has 0 radical (unpaired) electrons. The molecular weight excluding hydrogens is 210 g/mol. The summed E-state index contributed by atoms with van der Waals surface area (Å²) < 4.78 is 11.0. The molecule has 1 aromatic rings. The Morgan fingerprint density at radius 3 is 2.69 bits per heavy atom. The monoisotopic (exact) mass is 219 g/mol. The van der Waals surface area contributed by atoms with Gasteiger partial charge in [0.25, 0.3) is 0 Å². The number of phenolic OH excluding ortho intramolecular Hbond substituents is 1. The van der Waals surface area contributed by atoms with Gasteiger partial charge in [0.2, 0.25) is 0 Å². The summed E-state index contributed by atoms with van der Waals surface area (Å²) in [5.41, 5.74) is 0.693. The maximum Gasteiger partial charge on any atom is 0.137 e. The molecule has 1 atom stereocenters. The van der Waals surface area contributed by atoms with Gasteiger partial charge in [-0.2, -0.15) is 0 Å². The summed E-state index contributed by atoms with van der Waals surface area (Å²) in [6.07, 6.45) is 0.646. The predicted molar refractivity (Wildman–Crippen MR) is 53.1 cm³/mol. The van der Waals surface area contributed by atoms with E-state index in [0.29, 0.717) is 12.0 Å². The third kappa shape index (κ3) is 2.02. The fourth-order valence-corrected chi connectivity index (χ4v) is 2.03. The zero-order valence-corrected chi connectivity index (χ0v) is 8.65. The normalized spacial score (nSPS) is 12.8. The van der Waals surface area contributed by atoms with Crippen LogP contribution in [0.3, 0.4) is 0 Å². The van der Waals surface area contributed by atoms with Crippen LogP contribution in [0.2, 0.25) is 5.02 Å². The highest BCUT2D eigenvalue weighted by atomic mass is 35.5. The average Bonchev–Trinajstić information content (AvgIpc) is 2.04. The number of benzene rings is 1. The van der Waals surface area contributed by atoms with E-state index >= 15 is 0 Å². The van der Waals surface area contributed by atoms with Crippen molar-refractivity contribution in [3.63, 3.8) is 0 Å². The van der Waals surface area contributed by atoms with Crippen LogP contribution in [-0.2, 0) is 17.4 Å². The first-order chi connectivity index (χ1) is 6.07. The Hall–Kier alpha value is -0.580. The first-order valence-corrected chi connectivity index (χ1v) is 5.33. The lowest BCUT2D eigenvalue weighted by atomic mass is 10.1. The molecule has 0 spiro atoms. The molecule has 0 aliphatic rings. The number of phenols is 1. The smallest absolute Gasteiger partial charge is 0.137 e. The van der Waals surface area contributed by atoms with Gasteiger partial charge in [0.15, 0.2) is 0 Å². The second-order valence-corrected chi connectivity index (χ2v) is 3.95. The molecule has 0 aromatic heterocycles. The van der Waals surface area contributed by atoms with Crippen LogP contribution in [0.5, 0.6) is 5.75 Å². The maximum absolute atomic E-state index is 11.0. The van der Waals surface area contributed by atoms with Crippen molar-refractivity contribution in [2.24, 2.45) is 5.14 Å².